The van der Waals surface area contributed by atoms with Gasteiger partial charge >= 0.3 is 0 Å². The molecule has 0 spiro atoms. The number of anilines is 2. The predicted molar refractivity (Wildman–Crippen MR) is 86.0 cm³/mol. The maximum atomic E-state index is 12.1. The molecule has 0 aliphatic heterocycles. The number of nitrogens with two attached hydrogens (primary N) is 1. The van der Waals surface area contributed by atoms with Crippen LogP contribution >= 0.6 is 11.6 Å². The molecule has 0 atom stereocenters. The van der Waals surface area contributed by atoms with Gasteiger partial charge in [-0.05, 0) is 42.8 Å². The molecular weight excluding hydrogens is 288 g/mol. The Kier molecular flexibility index (Phi) is 5.06. The summed E-state index contributed by atoms with van der Waals surface area (Å²) in [5.41, 5.74) is 7.31. The molecule has 0 aliphatic carbocycles. The maximum absolute atomic E-state index is 12.1. The Balaban J connectivity index is 2.09. The second-order valence-electron chi connectivity index (χ2n) is 4.57. The van der Waals surface area contributed by atoms with Crippen LogP contribution in [0.15, 0.2) is 42.5 Å². The summed E-state index contributed by atoms with van der Waals surface area (Å²) in [6.07, 6.45) is 0.907. The third-order valence-corrected chi connectivity index (χ3v) is 3.10. The van der Waals surface area contributed by atoms with E-state index in [4.69, 9.17) is 22.1 Å². The lowest BCUT2D eigenvalue weighted by atomic mass is 10.2. The quantitative estimate of drug-likeness (QED) is 0.822. The highest BCUT2D eigenvalue weighted by atomic mass is 35.5. The lowest BCUT2D eigenvalue weighted by Crippen LogP contribution is -2.12. The lowest BCUT2D eigenvalue weighted by Gasteiger charge is -2.10. The summed E-state index contributed by atoms with van der Waals surface area (Å²) in [6, 6.07) is 11.9. The Morgan fingerprint density at radius 3 is 2.76 bits per heavy atom. The molecule has 0 unspecified atom stereocenters. The number of carbonyl (C=O) groups is 1. The van der Waals surface area contributed by atoms with Gasteiger partial charge in [0.15, 0.2) is 0 Å². The maximum Gasteiger partial charge on any atom is 0.255 e. The number of rotatable bonds is 5. The minimum atomic E-state index is -0.236. The summed E-state index contributed by atoms with van der Waals surface area (Å²) >= 11 is 6.12. The van der Waals surface area contributed by atoms with E-state index in [1.807, 2.05) is 6.92 Å². The zero-order valence-corrected chi connectivity index (χ0v) is 12.5. The van der Waals surface area contributed by atoms with Crippen LogP contribution in [0, 0.1) is 0 Å². The number of ether oxygens (including phenoxy) is 1. The van der Waals surface area contributed by atoms with Crippen molar-refractivity contribution in [1.82, 2.24) is 0 Å². The zero-order valence-electron chi connectivity index (χ0n) is 11.7. The Labute approximate surface area is 128 Å². The van der Waals surface area contributed by atoms with Gasteiger partial charge in [0, 0.05) is 16.9 Å². The molecule has 0 fully saturated rings. The molecule has 0 heterocycles. The average molecular weight is 305 g/mol. The van der Waals surface area contributed by atoms with Gasteiger partial charge in [0.2, 0.25) is 0 Å². The van der Waals surface area contributed by atoms with Crippen molar-refractivity contribution in [3.63, 3.8) is 0 Å². The SMILES string of the molecule is CCCOc1ccc(NC(=O)c2cccc(N)c2)cc1Cl. The first-order chi connectivity index (χ1) is 10.1. The third-order valence-electron chi connectivity index (χ3n) is 2.80. The van der Waals surface area contributed by atoms with Crippen LogP contribution < -0.4 is 15.8 Å². The number of halogens is 1. The Bertz CT molecular complexity index is 644. The average Bonchev–Trinajstić information content (AvgIpc) is 2.46. The van der Waals surface area contributed by atoms with Crippen molar-refractivity contribution in [3.05, 3.63) is 53.1 Å². The highest BCUT2D eigenvalue weighted by molar-refractivity contribution is 6.32. The van der Waals surface area contributed by atoms with E-state index in [9.17, 15) is 4.79 Å². The molecule has 5 heteroatoms. The number of hydrogen-bond acceptors (Lipinski definition) is 3. The van der Waals surface area contributed by atoms with Crippen LogP contribution in [-0.4, -0.2) is 12.5 Å². The fourth-order valence-electron chi connectivity index (χ4n) is 1.79. The van der Waals surface area contributed by atoms with Crippen molar-refractivity contribution in [3.8, 4) is 5.75 Å². The number of nitrogens with one attached hydrogen (secondary N) is 1. The predicted octanol–water partition coefficient (Wildman–Crippen LogP) is 3.96. The van der Waals surface area contributed by atoms with Crippen LogP contribution in [0.1, 0.15) is 23.7 Å². The van der Waals surface area contributed by atoms with Crippen LogP contribution in [0.25, 0.3) is 0 Å². The molecule has 0 saturated heterocycles. The normalized spacial score (nSPS) is 10.2. The van der Waals surface area contributed by atoms with Crippen molar-refractivity contribution in [2.45, 2.75) is 13.3 Å². The topological polar surface area (TPSA) is 64.3 Å². The van der Waals surface area contributed by atoms with E-state index >= 15 is 0 Å². The Hall–Kier alpha value is -2.20. The van der Waals surface area contributed by atoms with Crippen molar-refractivity contribution in [1.29, 1.82) is 0 Å². The molecule has 0 aromatic heterocycles. The van der Waals surface area contributed by atoms with E-state index in [0.717, 1.165) is 6.42 Å². The van der Waals surface area contributed by atoms with Crippen LogP contribution in [0.3, 0.4) is 0 Å². The van der Waals surface area contributed by atoms with E-state index in [1.165, 1.54) is 0 Å². The van der Waals surface area contributed by atoms with Gasteiger partial charge in [-0.1, -0.05) is 24.6 Å². The molecular formula is C16H17ClN2O2. The summed E-state index contributed by atoms with van der Waals surface area (Å²) in [5, 5.41) is 3.24. The van der Waals surface area contributed by atoms with Crippen molar-refractivity contribution in [2.24, 2.45) is 0 Å². The monoisotopic (exact) mass is 304 g/mol. The number of hydrogen-bond donors (Lipinski definition) is 2. The summed E-state index contributed by atoms with van der Waals surface area (Å²) in [6.45, 7) is 2.63. The molecule has 110 valence electrons. The number of carbonyl (C=O) groups excluding carboxylic acids is 1. The van der Waals surface area contributed by atoms with Gasteiger partial charge in [0.1, 0.15) is 5.75 Å². The Morgan fingerprint density at radius 1 is 1.29 bits per heavy atom. The number of nitrogen functional groups attached to an aromatic ring is 1. The second kappa shape index (κ2) is 6.99. The first-order valence-corrected chi connectivity index (χ1v) is 7.07. The van der Waals surface area contributed by atoms with Crippen LogP contribution in [0.4, 0.5) is 11.4 Å². The molecule has 0 radical (unpaired) electrons. The molecule has 0 aliphatic rings. The molecule has 3 N–H and O–H groups in total. The summed E-state index contributed by atoms with van der Waals surface area (Å²) in [4.78, 5) is 12.1. The van der Waals surface area contributed by atoms with Gasteiger partial charge < -0.3 is 15.8 Å². The fourth-order valence-corrected chi connectivity index (χ4v) is 2.03. The molecule has 2 rings (SSSR count). The summed E-state index contributed by atoms with van der Waals surface area (Å²) in [7, 11) is 0. The standard InChI is InChI=1S/C16H17ClN2O2/c1-2-8-21-15-7-6-13(10-14(15)17)19-16(20)11-4-3-5-12(18)9-11/h3-7,9-10H,2,8,18H2,1H3,(H,19,20). The molecule has 21 heavy (non-hydrogen) atoms. The van der Waals surface area contributed by atoms with Gasteiger partial charge in [0.05, 0.1) is 11.6 Å². The highest BCUT2D eigenvalue weighted by Crippen LogP contribution is 2.28. The van der Waals surface area contributed by atoms with Crippen LogP contribution in [-0.2, 0) is 0 Å². The fraction of sp³-hybridized carbons (Fsp3) is 0.188. The first kappa shape index (κ1) is 15.2. The highest BCUT2D eigenvalue weighted by Gasteiger charge is 2.08. The van der Waals surface area contributed by atoms with Crippen LogP contribution in [0.5, 0.6) is 5.75 Å². The molecule has 2 aromatic carbocycles. The van der Waals surface area contributed by atoms with E-state index in [1.54, 1.807) is 42.5 Å². The molecule has 2 aromatic rings. The summed E-state index contributed by atoms with van der Waals surface area (Å²) < 4.78 is 5.49. The minimum Gasteiger partial charge on any atom is -0.492 e. The van der Waals surface area contributed by atoms with E-state index in [0.29, 0.717) is 34.3 Å². The summed E-state index contributed by atoms with van der Waals surface area (Å²) in [5.74, 6) is 0.376. The van der Waals surface area contributed by atoms with E-state index in [2.05, 4.69) is 5.32 Å². The minimum absolute atomic E-state index is 0.236. The number of benzene rings is 2. The lowest BCUT2D eigenvalue weighted by molar-refractivity contribution is 0.102. The van der Waals surface area contributed by atoms with Crippen LogP contribution in [0.2, 0.25) is 5.02 Å². The zero-order chi connectivity index (χ0) is 15.2. The van der Waals surface area contributed by atoms with Gasteiger partial charge in [-0.2, -0.15) is 0 Å². The largest absolute Gasteiger partial charge is 0.492 e. The van der Waals surface area contributed by atoms with Crippen molar-refractivity contribution >= 4 is 28.9 Å². The van der Waals surface area contributed by atoms with E-state index < -0.39 is 0 Å². The van der Waals surface area contributed by atoms with Gasteiger partial charge in [0.25, 0.3) is 5.91 Å². The Morgan fingerprint density at radius 2 is 2.10 bits per heavy atom. The molecule has 0 bridgehead atoms. The van der Waals surface area contributed by atoms with Crippen molar-refractivity contribution in [2.75, 3.05) is 17.7 Å². The number of amides is 1. The molecule has 4 nitrogen and oxygen atoms in total. The van der Waals surface area contributed by atoms with Crippen molar-refractivity contribution < 1.29 is 9.53 Å². The molecule has 0 saturated carbocycles. The third kappa shape index (κ3) is 4.13. The van der Waals surface area contributed by atoms with Gasteiger partial charge in [-0.3, -0.25) is 4.79 Å². The first-order valence-electron chi connectivity index (χ1n) is 6.69. The smallest absolute Gasteiger partial charge is 0.255 e. The van der Waals surface area contributed by atoms with Gasteiger partial charge in [-0.15, -0.1) is 0 Å². The van der Waals surface area contributed by atoms with E-state index in [-0.39, 0.29) is 5.91 Å². The van der Waals surface area contributed by atoms with Gasteiger partial charge in [-0.25, -0.2) is 0 Å². The second-order valence-corrected chi connectivity index (χ2v) is 4.98. The molecule has 1 amide bonds.